The first kappa shape index (κ1) is 9.97. The van der Waals surface area contributed by atoms with E-state index in [1.807, 2.05) is 0 Å². The molecule has 0 saturated heterocycles. The first-order valence-corrected chi connectivity index (χ1v) is 3.68. The molecule has 0 aromatic carbocycles. The van der Waals surface area contributed by atoms with Crippen molar-refractivity contribution in [3.05, 3.63) is 12.4 Å². The molecule has 0 aliphatic heterocycles. The zero-order chi connectivity index (χ0) is 9.90. The highest BCUT2D eigenvalue weighted by Crippen LogP contribution is 2.31. The van der Waals surface area contributed by atoms with Crippen LogP contribution in [0.2, 0.25) is 0 Å². The summed E-state index contributed by atoms with van der Waals surface area (Å²) in [6.45, 7) is -0.0377. The van der Waals surface area contributed by atoms with Gasteiger partial charge in [-0.1, -0.05) is 5.21 Å². The van der Waals surface area contributed by atoms with Crippen molar-refractivity contribution in [1.29, 1.82) is 0 Å². The molecule has 74 valence electrons. The van der Waals surface area contributed by atoms with Gasteiger partial charge in [-0.25, -0.2) is 4.68 Å². The van der Waals surface area contributed by atoms with E-state index in [0.717, 1.165) is 4.68 Å². The molecule has 0 unspecified atom stereocenters. The van der Waals surface area contributed by atoms with Crippen molar-refractivity contribution in [3.63, 3.8) is 0 Å². The summed E-state index contributed by atoms with van der Waals surface area (Å²) in [4.78, 5) is 0. The van der Waals surface area contributed by atoms with Gasteiger partial charge in [0, 0.05) is 6.20 Å². The third-order valence-electron chi connectivity index (χ3n) is 1.58. The Morgan fingerprint density at radius 1 is 1.46 bits per heavy atom. The minimum atomic E-state index is -4.33. The monoisotopic (exact) mass is 194 g/mol. The summed E-state index contributed by atoms with van der Waals surface area (Å²) in [7, 11) is 0. The molecule has 4 nitrogen and oxygen atoms in total. The predicted molar refractivity (Wildman–Crippen MR) is 38.8 cm³/mol. The van der Waals surface area contributed by atoms with E-state index >= 15 is 0 Å². The lowest BCUT2D eigenvalue weighted by molar-refractivity contribution is -0.171. The minimum absolute atomic E-state index is 0.0377. The summed E-state index contributed by atoms with van der Waals surface area (Å²) in [5, 5.41) is 6.60. The van der Waals surface area contributed by atoms with Crippen molar-refractivity contribution < 1.29 is 13.2 Å². The third-order valence-corrected chi connectivity index (χ3v) is 1.58. The van der Waals surface area contributed by atoms with Crippen molar-refractivity contribution in [3.8, 4) is 0 Å². The molecule has 7 heteroatoms. The smallest absolute Gasteiger partial charge is 0.330 e. The lowest BCUT2D eigenvalue weighted by atomic mass is 10.2. The number of nitrogens with zero attached hydrogens (tertiary/aromatic N) is 3. The number of alkyl halides is 3. The first-order valence-electron chi connectivity index (χ1n) is 3.68. The van der Waals surface area contributed by atoms with E-state index < -0.39 is 12.2 Å². The molecule has 0 aliphatic carbocycles. The van der Waals surface area contributed by atoms with E-state index in [2.05, 4.69) is 10.3 Å². The van der Waals surface area contributed by atoms with Gasteiger partial charge in [0.15, 0.2) is 6.04 Å². The molecule has 13 heavy (non-hydrogen) atoms. The second-order valence-corrected chi connectivity index (χ2v) is 2.52. The van der Waals surface area contributed by atoms with Gasteiger partial charge in [-0.05, 0) is 13.0 Å². The summed E-state index contributed by atoms with van der Waals surface area (Å²) in [5.41, 5.74) is 5.07. The van der Waals surface area contributed by atoms with E-state index in [4.69, 9.17) is 5.73 Å². The lowest BCUT2D eigenvalue weighted by Gasteiger charge is -2.18. The van der Waals surface area contributed by atoms with Crippen LogP contribution in [-0.4, -0.2) is 27.7 Å². The second-order valence-electron chi connectivity index (χ2n) is 2.52. The molecule has 0 radical (unpaired) electrons. The Morgan fingerprint density at radius 3 is 2.54 bits per heavy atom. The van der Waals surface area contributed by atoms with E-state index in [1.54, 1.807) is 0 Å². The third kappa shape index (κ3) is 2.41. The molecule has 1 heterocycles. The Kier molecular flexibility index (Phi) is 2.86. The molecule has 0 amide bonds. The van der Waals surface area contributed by atoms with Crippen molar-refractivity contribution in [2.24, 2.45) is 5.73 Å². The number of halogens is 3. The van der Waals surface area contributed by atoms with E-state index in [1.165, 1.54) is 12.4 Å². The van der Waals surface area contributed by atoms with Crippen molar-refractivity contribution >= 4 is 0 Å². The van der Waals surface area contributed by atoms with Gasteiger partial charge in [-0.2, -0.15) is 13.2 Å². The standard InChI is InChI=1S/C6H9F3N4/c7-6(8,9)5(1-2-10)13-4-3-11-12-13/h3-5H,1-2,10H2/t5-/m1/s1. The topological polar surface area (TPSA) is 56.7 Å². The maximum atomic E-state index is 12.3. The SMILES string of the molecule is NCC[C@@H](n1ccnn1)C(F)(F)F. The summed E-state index contributed by atoms with van der Waals surface area (Å²) < 4.78 is 37.7. The molecule has 1 aromatic heterocycles. The highest BCUT2D eigenvalue weighted by atomic mass is 19.4. The summed E-state index contributed by atoms with van der Waals surface area (Å²) in [6.07, 6.45) is -2.14. The number of nitrogens with two attached hydrogens (primary N) is 1. The zero-order valence-corrected chi connectivity index (χ0v) is 6.70. The Labute approximate surface area is 72.5 Å². The van der Waals surface area contributed by atoms with Crippen LogP contribution < -0.4 is 5.73 Å². The molecule has 2 N–H and O–H groups in total. The van der Waals surface area contributed by atoms with Crippen LogP contribution in [0, 0.1) is 0 Å². The fourth-order valence-electron chi connectivity index (χ4n) is 0.987. The molecule has 0 spiro atoms. The molecule has 1 rings (SSSR count). The van der Waals surface area contributed by atoms with Crippen LogP contribution in [0.1, 0.15) is 12.5 Å². The number of rotatable bonds is 3. The normalized spacial score (nSPS) is 14.5. The van der Waals surface area contributed by atoms with Gasteiger partial charge >= 0.3 is 6.18 Å². The lowest BCUT2D eigenvalue weighted by Crippen LogP contribution is -2.29. The fourth-order valence-corrected chi connectivity index (χ4v) is 0.987. The molecule has 0 fully saturated rings. The van der Waals surface area contributed by atoms with Gasteiger partial charge in [0.2, 0.25) is 0 Å². The van der Waals surface area contributed by atoms with Crippen LogP contribution in [0.25, 0.3) is 0 Å². The van der Waals surface area contributed by atoms with Gasteiger partial charge in [0.1, 0.15) is 0 Å². The number of hydrogen-bond acceptors (Lipinski definition) is 3. The quantitative estimate of drug-likeness (QED) is 0.771. The predicted octanol–water partition coefficient (Wildman–Crippen LogP) is 0.730. The number of aromatic nitrogens is 3. The fraction of sp³-hybridized carbons (Fsp3) is 0.667. The summed E-state index contributed by atoms with van der Waals surface area (Å²) >= 11 is 0. The molecule has 0 aliphatic rings. The van der Waals surface area contributed by atoms with Crippen LogP contribution in [-0.2, 0) is 0 Å². The van der Waals surface area contributed by atoms with Crippen LogP contribution in [0.15, 0.2) is 12.4 Å². The van der Waals surface area contributed by atoms with Crippen LogP contribution in [0.4, 0.5) is 13.2 Å². The number of hydrogen-bond donors (Lipinski definition) is 1. The first-order chi connectivity index (χ1) is 6.05. The highest BCUT2D eigenvalue weighted by molar-refractivity contribution is 4.77. The molecule has 0 saturated carbocycles. The van der Waals surface area contributed by atoms with Crippen LogP contribution in [0.3, 0.4) is 0 Å². The summed E-state index contributed by atoms with van der Waals surface area (Å²) in [6, 6.07) is -1.67. The van der Waals surface area contributed by atoms with Crippen molar-refractivity contribution in [2.45, 2.75) is 18.6 Å². The van der Waals surface area contributed by atoms with Crippen LogP contribution in [0.5, 0.6) is 0 Å². The average molecular weight is 194 g/mol. The molecular formula is C6H9F3N4. The molecular weight excluding hydrogens is 185 g/mol. The average Bonchev–Trinajstić information content (AvgIpc) is 2.49. The van der Waals surface area contributed by atoms with Gasteiger partial charge in [-0.15, -0.1) is 5.10 Å². The summed E-state index contributed by atoms with van der Waals surface area (Å²) in [5.74, 6) is 0. The Hall–Kier alpha value is -1.11. The Morgan fingerprint density at radius 2 is 2.15 bits per heavy atom. The van der Waals surface area contributed by atoms with Gasteiger partial charge < -0.3 is 5.73 Å². The second kappa shape index (κ2) is 3.73. The molecule has 0 bridgehead atoms. The van der Waals surface area contributed by atoms with Crippen molar-refractivity contribution in [1.82, 2.24) is 15.0 Å². The minimum Gasteiger partial charge on any atom is -0.330 e. The Bertz CT molecular complexity index is 243. The largest absolute Gasteiger partial charge is 0.410 e. The molecule has 1 atom stereocenters. The maximum Gasteiger partial charge on any atom is 0.410 e. The Balaban J connectivity index is 2.81. The van der Waals surface area contributed by atoms with E-state index in [9.17, 15) is 13.2 Å². The van der Waals surface area contributed by atoms with E-state index in [0.29, 0.717) is 0 Å². The van der Waals surface area contributed by atoms with Crippen molar-refractivity contribution in [2.75, 3.05) is 6.54 Å². The van der Waals surface area contributed by atoms with Crippen LogP contribution >= 0.6 is 0 Å². The maximum absolute atomic E-state index is 12.3. The highest BCUT2D eigenvalue weighted by Gasteiger charge is 2.40. The van der Waals surface area contributed by atoms with E-state index in [-0.39, 0.29) is 13.0 Å². The van der Waals surface area contributed by atoms with Gasteiger partial charge in [0.05, 0.1) is 6.20 Å². The zero-order valence-electron chi connectivity index (χ0n) is 6.70. The molecule has 1 aromatic rings. The van der Waals surface area contributed by atoms with Gasteiger partial charge in [0.25, 0.3) is 0 Å². The van der Waals surface area contributed by atoms with Gasteiger partial charge in [-0.3, -0.25) is 0 Å².